The normalized spacial score (nSPS) is 9.71. The standard InChI is InChI=1S/C9H8N2O2.Na.H/c10-9(13)11-7-4-2-1-3-6(7)5-8(11)12;;/h1-5,12H,(H2,10,13);;. The van der Waals surface area contributed by atoms with Crippen LogP contribution in [0.25, 0.3) is 10.9 Å². The van der Waals surface area contributed by atoms with Crippen LogP contribution in [-0.4, -0.2) is 45.3 Å². The average Bonchev–Trinajstić information content (AvgIpc) is 2.39. The van der Waals surface area contributed by atoms with E-state index in [0.717, 1.165) is 9.95 Å². The molecule has 0 radical (unpaired) electrons. The Kier molecular flexibility index (Phi) is 3.21. The number of aromatic hydroxyl groups is 1. The summed E-state index contributed by atoms with van der Waals surface area (Å²) < 4.78 is 1.06. The van der Waals surface area contributed by atoms with Crippen molar-refractivity contribution in [3.8, 4) is 5.88 Å². The van der Waals surface area contributed by atoms with Crippen LogP contribution < -0.4 is 5.73 Å². The van der Waals surface area contributed by atoms with Crippen molar-refractivity contribution >= 4 is 46.5 Å². The SMILES string of the molecule is NC(=O)n1c(O)cc2ccccc21.[NaH]. The number of benzene rings is 1. The first kappa shape index (κ1) is 11.1. The van der Waals surface area contributed by atoms with Crippen LogP contribution in [0.1, 0.15) is 0 Å². The second-order valence-corrected chi connectivity index (χ2v) is 2.74. The third-order valence-electron chi connectivity index (χ3n) is 1.91. The Hall–Kier alpha value is -0.970. The predicted octanol–water partition coefficient (Wildman–Crippen LogP) is 0.625. The van der Waals surface area contributed by atoms with Gasteiger partial charge in [-0.1, -0.05) is 18.2 Å². The molecule has 14 heavy (non-hydrogen) atoms. The summed E-state index contributed by atoms with van der Waals surface area (Å²) in [5, 5.41) is 10.2. The molecule has 1 heterocycles. The zero-order valence-corrected chi connectivity index (χ0v) is 6.77. The van der Waals surface area contributed by atoms with Gasteiger partial charge in [0.25, 0.3) is 0 Å². The van der Waals surface area contributed by atoms with Crippen LogP contribution in [0.3, 0.4) is 0 Å². The molecule has 0 aliphatic rings. The van der Waals surface area contributed by atoms with E-state index < -0.39 is 6.03 Å². The van der Waals surface area contributed by atoms with Gasteiger partial charge in [-0.05, 0) is 6.07 Å². The zero-order valence-electron chi connectivity index (χ0n) is 6.77. The van der Waals surface area contributed by atoms with Crippen molar-refractivity contribution in [1.82, 2.24) is 4.57 Å². The van der Waals surface area contributed by atoms with E-state index in [9.17, 15) is 9.90 Å². The van der Waals surface area contributed by atoms with Crippen LogP contribution in [0.5, 0.6) is 5.88 Å². The number of primary amides is 1. The van der Waals surface area contributed by atoms with Crippen LogP contribution in [0.2, 0.25) is 0 Å². The molecule has 3 N–H and O–H groups in total. The summed E-state index contributed by atoms with van der Waals surface area (Å²) in [6.45, 7) is 0. The van der Waals surface area contributed by atoms with E-state index >= 15 is 0 Å². The second kappa shape index (κ2) is 4.04. The van der Waals surface area contributed by atoms with Crippen molar-refractivity contribution in [3.63, 3.8) is 0 Å². The number of fused-ring (bicyclic) bond motifs is 1. The minimum absolute atomic E-state index is 0. The molecule has 68 valence electrons. The molecule has 1 aromatic heterocycles. The van der Waals surface area contributed by atoms with Gasteiger partial charge in [0, 0.05) is 11.5 Å². The molecule has 0 aliphatic carbocycles. The topological polar surface area (TPSA) is 68.2 Å². The molecular weight excluding hydrogens is 191 g/mol. The molecule has 1 aromatic carbocycles. The number of hydrogen-bond donors (Lipinski definition) is 2. The molecule has 1 amide bonds. The van der Waals surface area contributed by atoms with E-state index in [-0.39, 0.29) is 35.4 Å². The van der Waals surface area contributed by atoms with Gasteiger partial charge in [0.05, 0.1) is 5.52 Å². The minimum atomic E-state index is -0.682. The Balaban J connectivity index is 0.000000980. The van der Waals surface area contributed by atoms with Gasteiger partial charge in [0.1, 0.15) is 0 Å². The van der Waals surface area contributed by atoms with Gasteiger partial charge in [-0.2, -0.15) is 0 Å². The number of aromatic nitrogens is 1. The van der Waals surface area contributed by atoms with Gasteiger partial charge in [0.2, 0.25) is 0 Å². The quantitative estimate of drug-likeness (QED) is 0.612. The number of rotatable bonds is 0. The van der Waals surface area contributed by atoms with Crippen LogP contribution in [0, 0.1) is 0 Å². The first-order valence-electron chi connectivity index (χ1n) is 3.79. The van der Waals surface area contributed by atoms with E-state index in [2.05, 4.69) is 0 Å². The maximum absolute atomic E-state index is 10.9. The molecular formula is C9H9N2NaO2. The van der Waals surface area contributed by atoms with E-state index in [4.69, 9.17) is 5.73 Å². The predicted molar refractivity (Wildman–Crippen MR) is 55.7 cm³/mol. The van der Waals surface area contributed by atoms with E-state index in [1.54, 1.807) is 18.2 Å². The molecule has 0 aliphatic heterocycles. The molecule has 0 bridgehead atoms. The van der Waals surface area contributed by atoms with Gasteiger partial charge in [-0.25, -0.2) is 9.36 Å². The summed E-state index contributed by atoms with van der Waals surface area (Å²) in [6.07, 6.45) is 0. The summed E-state index contributed by atoms with van der Waals surface area (Å²) in [7, 11) is 0. The molecule has 0 unspecified atom stereocenters. The first-order valence-corrected chi connectivity index (χ1v) is 3.79. The van der Waals surface area contributed by atoms with Gasteiger partial charge in [0.15, 0.2) is 5.88 Å². The fourth-order valence-corrected chi connectivity index (χ4v) is 1.37. The second-order valence-electron chi connectivity index (χ2n) is 2.74. The summed E-state index contributed by atoms with van der Waals surface area (Å²) in [5.74, 6) is -0.131. The van der Waals surface area contributed by atoms with Gasteiger partial charge < -0.3 is 10.8 Å². The molecule has 0 fully saturated rings. The third-order valence-corrected chi connectivity index (χ3v) is 1.91. The fourth-order valence-electron chi connectivity index (χ4n) is 1.37. The monoisotopic (exact) mass is 200 g/mol. The molecule has 5 heteroatoms. The summed E-state index contributed by atoms with van der Waals surface area (Å²) in [6, 6.07) is 7.95. The number of amides is 1. The number of hydrogen-bond acceptors (Lipinski definition) is 2. The van der Waals surface area contributed by atoms with Crippen molar-refractivity contribution in [3.05, 3.63) is 30.3 Å². The van der Waals surface area contributed by atoms with E-state index in [0.29, 0.717) is 5.52 Å². The van der Waals surface area contributed by atoms with Crippen molar-refractivity contribution in [2.45, 2.75) is 0 Å². The molecule has 0 atom stereocenters. The number of carbonyl (C=O) groups excluding carboxylic acids is 1. The fraction of sp³-hybridized carbons (Fsp3) is 0. The van der Waals surface area contributed by atoms with Crippen LogP contribution >= 0.6 is 0 Å². The average molecular weight is 200 g/mol. The summed E-state index contributed by atoms with van der Waals surface area (Å²) in [4.78, 5) is 10.9. The van der Waals surface area contributed by atoms with Gasteiger partial charge in [-0.3, -0.25) is 0 Å². The van der Waals surface area contributed by atoms with Gasteiger partial charge in [-0.15, -0.1) is 0 Å². The Labute approximate surface area is 103 Å². The van der Waals surface area contributed by atoms with Crippen LogP contribution in [0.4, 0.5) is 4.79 Å². The molecule has 2 rings (SSSR count). The Morgan fingerprint density at radius 1 is 1.36 bits per heavy atom. The van der Waals surface area contributed by atoms with Crippen LogP contribution in [-0.2, 0) is 0 Å². The Morgan fingerprint density at radius 3 is 2.64 bits per heavy atom. The number of carbonyl (C=O) groups is 1. The van der Waals surface area contributed by atoms with E-state index in [1.165, 1.54) is 6.07 Å². The molecule has 0 saturated carbocycles. The van der Waals surface area contributed by atoms with Gasteiger partial charge >= 0.3 is 35.6 Å². The van der Waals surface area contributed by atoms with Crippen molar-refractivity contribution in [2.75, 3.05) is 0 Å². The Morgan fingerprint density at radius 2 is 2.00 bits per heavy atom. The van der Waals surface area contributed by atoms with Crippen molar-refractivity contribution in [2.24, 2.45) is 5.73 Å². The summed E-state index contributed by atoms with van der Waals surface area (Å²) in [5.41, 5.74) is 5.71. The first-order chi connectivity index (χ1) is 6.20. The van der Waals surface area contributed by atoms with Crippen molar-refractivity contribution in [1.29, 1.82) is 0 Å². The molecule has 0 spiro atoms. The third kappa shape index (κ3) is 1.64. The summed E-state index contributed by atoms with van der Waals surface area (Å²) >= 11 is 0. The van der Waals surface area contributed by atoms with Crippen LogP contribution in [0.15, 0.2) is 30.3 Å². The zero-order chi connectivity index (χ0) is 9.42. The Bertz CT molecular complexity index is 479. The molecule has 0 saturated heterocycles. The maximum atomic E-state index is 10.9. The number of nitrogens with zero attached hydrogens (tertiary/aromatic N) is 1. The number of para-hydroxylation sites is 1. The van der Waals surface area contributed by atoms with Crippen molar-refractivity contribution < 1.29 is 9.90 Å². The van der Waals surface area contributed by atoms with E-state index in [1.807, 2.05) is 6.07 Å². The number of nitrogens with two attached hydrogens (primary N) is 1. The molecule has 2 aromatic rings. The molecule has 4 nitrogen and oxygen atoms in total.